The van der Waals surface area contributed by atoms with Crippen LogP contribution >= 0.6 is 0 Å². The third-order valence-electron chi connectivity index (χ3n) is 3.05. The number of nitrogens with two attached hydrogens (primary N) is 1. The van der Waals surface area contributed by atoms with E-state index in [4.69, 9.17) is 10.9 Å². The van der Waals surface area contributed by atoms with Crippen LogP contribution < -0.4 is 11.1 Å². The van der Waals surface area contributed by atoms with Crippen molar-refractivity contribution in [2.24, 2.45) is 10.9 Å². The van der Waals surface area contributed by atoms with Crippen molar-refractivity contribution in [2.75, 3.05) is 0 Å². The molecule has 0 unspecified atom stereocenters. The lowest BCUT2D eigenvalue weighted by Crippen LogP contribution is -2.20. The molecular formula is C15H15F2N3O. The highest BCUT2D eigenvalue weighted by molar-refractivity contribution is 5.98. The van der Waals surface area contributed by atoms with Crippen LogP contribution in [0.5, 0.6) is 0 Å². The molecule has 0 saturated carbocycles. The Morgan fingerprint density at radius 1 is 1.10 bits per heavy atom. The van der Waals surface area contributed by atoms with Gasteiger partial charge in [0.1, 0.15) is 11.6 Å². The molecule has 0 aliphatic heterocycles. The molecule has 2 aromatic carbocycles. The molecule has 0 spiro atoms. The Bertz CT molecular complexity index is 659. The van der Waals surface area contributed by atoms with Crippen molar-refractivity contribution in [2.45, 2.75) is 13.1 Å². The number of benzene rings is 2. The average molecular weight is 291 g/mol. The van der Waals surface area contributed by atoms with Gasteiger partial charge in [0.25, 0.3) is 0 Å². The van der Waals surface area contributed by atoms with Crippen LogP contribution in [0.15, 0.2) is 47.6 Å². The van der Waals surface area contributed by atoms with Crippen LogP contribution in [-0.2, 0) is 13.1 Å². The van der Waals surface area contributed by atoms with Crippen molar-refractivity contribution in [3.8, 4) is 0 Å². The first kappa shape index (κ1) is 14.9. The number of halogens is 2. The minimum Gasteiger partial charge on any atom is -0.409 e. The summed E-state index contributed by atoms with van der Waals surface area (Å²) in [5.41, 5.74) is 7.38. The molecule has 0 aliphatic rings. The molecule has 0 atom stereocenters. The largest absolute Gasteiger partial charge is 0.409 e. The van der Waals surface area contributed by atoms with Gasteiger partial charge in [0, 0.05) is 30.3 Å². The fraction of sp³-hybridized carbons (Fsp3) is 0.133. The van der Waals surface area contributed by atoms with Gasteiger partial charge in [0.05, 0.1) is 0 Å². The quantitative estimate of drug-likeness (QED) is 0.343. The summed E-state index contributed by atoms with van der Waals surface area (Å²) < 4.78 is 26.3. The summed E-state index contributed by atoms with van der Waals surface area (Å²) in [6.45, 7) is 0.653. The van der Waals surface area contributed by atoms with Crippen LogP contribution in [0.1, 0.15) is 16.7 Å². The highest BCUT2D eigenvalue weighted by Crippen LogP contribution is 2.11. The molecule has 110 valence electrons. The Hall–Kier alpha value is -2.47. The molecule has 4 nitrogen and oxygen atoms in total. The van der Waals surface area contributed by atoms with Crippen LogP contribution in [0, 0.1) is 11.6 Å². The van der Waals surface area contributed by atoms with E-state index in [0.717, 1.165) is 11.6 Å². The summed E-state index contributed by atoms with van der Waals surface area (Å²) in [4.78, 5) is 0. The molecule has 2 aromatic rings. The molecule has 0 saturated heterocycles. The van der Waals surface area contributed by atoms with E-state index < -0.39 is 11.6 Å². The highest BCUT2D eigenvalue weighted by atomic mass is 19.1. The topological polar surface area (TPSA) is 70.6 Å². The maximum atomic E-state index is 13.5. The van der Waals surface area contributed by atoms with Gasteiger partial charge >= 0.3 is 0 Å². The van der Waals surface area contributed by atoms with Gasteiger partial charge in [-0.3, -0.25) is 0 Å². The number of amidine groups is 1. The van der Waals surface area contributed by atoms with E-state index in [9.17, 15) is 8.78 Å². The molecule has 2 rings (SSSR count). The first-order valence-corrected chi connectivity index (χ1v) is 6.32. The van der Waals surface area contributed by atoms with Crippen LogP contribution in [-0.4, -0.2) is 11.0 Å². The molecule has 4 N–H and O–H groups in total. The number of rotatable bonds is 5. The standard InChI is InChI=1S/C15H15F2N3O/c16-12-6-5-11(14(17)7-12)9-19-8-10-3-1-2-4-13(10)15(18)20-21/h1-7,19,21H,8-9H2,(H2,18,20). The smallest absolute Gasteiger partial charge is 0.170 e. The van der Waals surface area contributed by atoms with E-state index in [1.165, 1.54) is 12.1 Å². The van der Waals surface area contributed by atoms with Crippen LogP contribution in [0.4, 0.5) is 8.78 Å². The van der Waals surface area contributed by atoms with Gasteiger partial charge in [-0.1, -0.05) is 35.5 Å². The fourth-order valence-electron chi connectivity index (χ4n) is 1.98. The van der Waals surface area contributed by atoms with Gasteiger partial charge in [-0.05, 0) is 11.6 Å². The molecule has 6 heteroatoms. The predicted molar refractivity (Wildman–Crippen MR) is 75.9 cm³/mol. The Balaban J connectivity index is 2.04. The SMILES string of the molecule is NC(=NO)c1ccccc1CNCc1ccc(F)cc1F. The zero-order valence-electron chi connectivity index (χ0n) is 11.2. The summed E-state index contributed by atoms with van der Waals surface area (Å²) in [5.74, 6) is -1.18. The second kappa shape index (κ2) is 6.81. The zero-order chi connectivity index (χ0) is 15.2. The Kier molecular flexibility index (Phi) is 4.84. The van der Waals surface area contributed by atoms with Crippen molar-refractivity contribution >= 4 is 5.84 Å². The van der Waals surface area contributed by atoms with Crippen molar-refractivity contribution in [3.63, 3.8) is 0 Å². The lowest BCUT2D eigenvalue weighted by Gasteiger charge is -2.10. The third-order valence-corrected chi connectivity index (χ3v) is 3.05. The molecule has 0 heterocycles. The third kappa shape index (κ3) is 3.76. The second-order valence-electron chi connectivity index (χ2n) is 4.48. The zero-order valence-corrected chi connectivity index (χ0v) is 11.2. The van der Waals surface area contributed by atoms with E-state index in [-0.39, 0.29) is 12.4 Å². The Labute approximate surface area is 120 Å². The second-order valence-corrected chi connectivity index (χ2v) is 4.48. The molecule has 0 bridgehead atoms. The summed E-state index contributed by atoms with van der Waals surface area (Å²) in [5, 5.41) is 14.8. The van der Waals surface area contributed by atoms with Crippen LogP contribution in [0.3, 0.4) is 0 Å². The molecular weight excluding hydrogens is 276 g/mol. The van der Waals surface area contributed by atoms with E-state index in [0.29, 0.717) is 17.7 Å². The van der Waals surface area contributed by atoms with E-state index in [1.807, 2.05) is 12.1 Å². The first-order chi connectivity index (χ1) is 10.1. The van der Waals surface area contributed by atoms with Gasteiger partial charge in [0.15, 0.2) is 5.84 Å². The van der Waals surface area contributed by atoms with Gasteiger partial charge in [-0.25, -0.2) is 8.78 Å². The van der Waals surface area contributed by atoms with Crippen molar-refractivity contribution in [1.82, 2.24) is 5.32 Å². The molecule has 0 aromatic heterocycles. The van der Waals surface area contributed by atoms with Crippen molar-refractivity contribution in [1.29, 1.82) is 0 Å². The minimum absolute atomic E-state index is 0.0142. The number of hydrogen-bond donors (Lipinski definition) is 3. The van der Waals surface area contributed by atoms with E-state index in [2.05, 4.69) is 10.5 Å². The van der Waals surface area contributed by atoms with Crippen molar-refractivity contribution < 1.29 is 14.0 Å². The number of oxime groups is 1. The molecule has 0 aliphatic carbocycles. The van der Waals surface area contributed by atoms with Crippen molar-refractivity contribution in [3.05, 3.63) is 70.8 Å². The van der Waals surface area contributed by atoms with Crippen LogP contribution in [0.2, 0.25) is 0 Å². The van der Waals surface area contributed by atoms with E-state index >= 15 is 0 Å². The molecule has 21 heavy (non-hydrogen) atoms. The fourth-order valence-corrected chi connectivity index (χ4v) is 1.98. The Morgan fingerprint density at radius 3 is 2.52 bits per heavy atom. The normalized spacial score (nSPS) is 11.6. The maximum Gasteiger partial charge on any atom is 0.170 e. The summed E-state index contributed by atoms with van der Waals surface area (Å²) in [6.07, 6.45) is 0. The van der Waals surface area contributed by atoms with Gasteiger partial charge in [0.2, 0.25) is 0 Å². The molecule has 0 fully saturated rings. The maximum absolute atomic E-state index is 13.5. The molecule has 0 amide bonds. The minimum atomic E-state index is -0.603. The van der Waals surface area contributed by atoms with Gasteiger partial charge in [-0.15, -0.1) is 0 Å². The highest BCUT2D eigenvalue weighted by Gasteiger charge is 2.07. The first-order valence-electron chi connectivity index (χ1n) is 6.32. The predicted octanol–water partition coefficient (Wildman–Crippen LogP) is 2.35. The Morgan fingerprint density at radius 2 is 1.81 bits per heavy atom. The average Bonchev–Trinajstić information content (AvgIpc) is 2.49. The molecule has 0 radical (unpaired) electrons. The summed E-state index contributed by atoms with van der Waals surface area (Å²) in [6, 6.07) is 10.6. The summed E-state index contributed by atoms with van der Waals surface area (Å²) >= 11 is 0. The van der Waals surface area contributed by atoms with Gasteiger partial charge < -0.3 is 16.3 Å². The lowest BCUT2D eigenvalue weighted by molar-refractivity contribution is 0.318. The van der Waals surface area contributed by atoms with E-state index in [1.54, 1.807) is 12.1 Å². The number of hydrogen-bond acceptors (Lipinski definition) is 3. The number of nitrogens with zero attached hydrogens (tertiary/aromatic N) is 1. The van der Waals surface area contributed by atoms with Crippen LogP contribution in [0.25, 0.3) is 0 Å². The monoisotopic (exact) mass is 291 g/mol. The van der Waals surface area contributed by atoms with Gasteiger partial charge in [-0.2, -0.15) is 0 Å². The summed E-state index contributed by atoms with van der Waals surface area (Å²) in [7, 11) is 0. The number of nitrogens with one attached hydrogen (secondary N) is 1. The lowest BCUT2D eigenvalue weighted by atomic mass is 10.1.